The molecule has 124 valence electrons. The number of Topliss-reactive ketones (excluding diaryl/α,β-unsaturated/α-hetero) is 1. The minimum atomic E-state index is -0.619. The fraction of sp³-hybridized carbons (Fsp3) is 0.882. The molecule has 0 bridgehead atoms. The van der Waals surface area contributed by atoms with Crippen molar-refractivity contribution in [3.63, 3.8) is 0 Å². The van der Waals surface area contributed by atoms with Crippen LogP contribution in [0.4, 0.5) is 0 Å². The highest BCUT2D eigenvalue weighted by Crippen LogP contribution is 2.12. The molecule has 0 fully saturated rings. The van der Waals surface area contributed by atoms with Gasteiger partial charge in [0.25, 0.3) is 0 Å². The molecule has 0 rings (SSSR count). The molecular formula is C17H32O4. The second-order valence-electron chi connectivity index (χ2n) is 5.77. The van der Waals surface area contributed by atoms with Crippen LogP contribution in [0.5, 0.6) is 0 Å². The van der Waals surface area contributed by atoms with Crippen LogP contribution < -0.4 is 0 Å². The highest BCUT2D eigenvalue weighted by atomic mass is 16.5. The number of ketones is 1. The van der Waals surface area contributed by atoms with Gasteiger partial charge in [-0.15, -0.1) is 0 Å². The zero-order valence-corrected chi connectivity index (χ0v) is 13.7. The van der Waals surface area contributed by atoms with E-state index in [0.717, 1.165) is 12.8 Å². The lowest BCUT2D eigenvalue weighted by atomic mass is 10.0. The summed E-state index contributed by atoms with van der Waals surface area (Å²) in [5.74, 6) is -0.777. The number of aliphatic hydroxyl groups excluding tert-OH is 1. The van der Waals surface area contributed by atoms with Crippen LogP contribution in [0.2, 0.25) is 0 Å². The van der Waals surface area contributed by atoms with Crippen LogP contribution in [-0.4, -0.2) is 30.1 Å². The summed E-state index contributed by atoms with van der Waals surface area (Å²) in [6, 6.07) is 0. The molecule has 4 heteroatoms. The van der Waals surface area contributed by atoms with Gasteiger partial charge in [0.15, 0.2) is 0 Å². The molecule has 1 N–H and O–H groups in total. The standard InChI is InChI=1S/C17H32O4/c1-3-4-5-6-7-8-9-10-11-12-15(18)13-16(19)14-17(20)21-2/h15,18H,3-14H2,1-2H3/t15-/m1/s1. The molecule has 0 spiro atoms. The molecule has 0 aliphatic heterocycles. The Hall–Kier alpha value is -0.900. The van der Waals surface area contributed by atoms with Crippen LogP contribution in [0.3, 0.4) is 0 Å². The summed E-state index contributed by atoms with van der Waals surface area (Å²) in [6.07, 6.45) is 11.0. The van der Waals surface area contributed by atoms with Gasteiger partial charge in [0.05, 0.1) is 13.2 Å². The van der Waals surface area contributed by atoms with E-state index in [0.29, 0.717) is 6.42 Å². The summed E-state index contributed by atoms with van der Waals surface area (Å²) in [5, 5.41) is 9.73. The van der Waals surface area contributed by atoms with E-state index < -0.39 is 12.1 Å². The third kappa shape index (κ3) is 13.8. The van der Waals surface area contributed by atoms with Gasteiger partial charge in [-0.05, 0) is 6.42 Å². The average molecular weight is 300 g/mol. The van der Waals surface area contributed by atoms with Crippen LogP contribution in [0.1, 0.15) is 84.0 Å². The van der Waals surface area contributed by atoms with Crippen LogP contribution in [0.15, 0.2) is 0 Å². The van der Waals surface area contributed by atoms with Gasteiger partial charge >= 0.3 is 5.97 Å². The SMILES string of the molecule is CCCCCCCCCCC[C@@H](O)CC(=O)CC(=O)OC. The summed E-state index contributed by atoms with van der Waals surface area (Å²) in [4.78, 5) is 22.3. The highest BCUT2D eigenvalue weighted by molar-refractivity contribution is 5.95. The summed E-state index contributed by atoms with van der Waals surface area (Å²) < 4.78 is 4.42. The molecule has 0 amide bonds. The third-order valence-corrected chi connectivity index (χ3v) is 3.67. The van der Waals surface area contributed by atoms with Crippen LogP contribution in [-0.2, 0) is 14.3 Å². The molecule has 0 aromatic carbocycles. The maximum Gasteiger partial charge on any atom is 0.313 e. The molecule has 4 nitrogen and oxygen atoms in total. The Bertz CT molecular complexity index is 276. The van der Waals surface area contributed by atoms with Crippen molar-refractivity contribution in [2.24, 2.45) is 0 Å². The van der Waals surface area contributed by atoms with E-state index in [4.69, 9.17) is 0 Å². The Morgan fingerprint density at radius 3 is 2.00 bits per heavy atom. The quantitative estimate of drug-likeness (QED) is 0.301. The number of hydrogen-bond acceptors (Lipinski definition) is 4. The Morgan fingerprint density at radius 1 is 0.952 bits per heavy atom. The van der Waals surface area contributed by atoms with Gasteiger partial charge in [0, 0.05) is 6.42 Å². The lowest BCUT2D eigenvalue weighted by molar-refractivity contribution is -0.143. The van der Waals surface area contributed by atoms with Gasteiger partial charge in [-0.2, -0.15) is 0 Å². The third-order valence-electron chi connectivity index (χ3n) is 3.67. The summed E-state index contributed by atoms with van der Waals surface area (Å²) >= 11 is 0. The number of carbonyl (C=O) groups excluding carboxylic acids is 2. The summed E-state index contributed by atoms with van der Waals surface area (Å²) in [7, 11) is 1.26. The van der Waals surface area contributed by atoms with Crippen molar-refractivity contribution >= 4 is 11.8 Å². The Kier molecular flexibility index (Phi) is 13.5. The number of aliphatic hydroxyl groups is 1. The predicted octanol–water partition coefficient (Wildman–Crippen LogP) is 3.79. The summed E-state index contributed by atoms with van der Waals surface area (Å²) in [5.41, 5.74) is 0. The van der Waals surface area contributed by atoms with Crippen molar-refractivity contribution < 1.29 is 19.4 Å². The first-order valence-corrected chi connectivity index (χ1v) is 8.36. The van der Waals surface area contributed by atoms with Gasteiger partial charge in [-0.25, -0.2) is 0 Å². The molecule has 0 saturated carbocycles. The first-order valence-electron chi connectivity index (χ1n) is 8.36. The minimum Gasteiger partial charge on any atom is -0.469 e. The molecule has 0 aliphatic rings. The van der Waals surface area contributed by atoms with Gasteiger partial charge in [-0.1, -0.05) is 64.7 Å². The van der Waals surface area contributed by atoms with Crippen molar-refractivity contribution in [3.05, 3.63) is 0 Å². The fourth-order valence-corrected chi connectivity index (χ4v) is 2.36. The van der Waals surface area contributed by atoms with E-state index >= 15 is 0 Å². The topological polar surface area (TPSA) is 63.6 Å². The fourth-order valence-electron chi connectivity index (χ4n) is 2.36. The van der Waals surface area contributed by atoms with Crippen molar-refractivity contribution in [1.29, 1.82) is 0 Å². The zero-order chi connectivity index (χ0) is 15.9. The molecule has 0 saturated heterocycles. The predicted molar refractivity (Wildman–Crippen MR) is 84.1 cm³/mol. The number of rotatable bonds is 14. The van der Waals surface area contributed by atoms with E-state index in [-0.39, 0.29) is 18.6 Å². The first kappa shape index (κ1) is 20.1. The van der Waals surface area contributed by atoms with Crippen molar-refractivity contribution in [3.8, 4) is 0 Å². The number of esters is 1. The Morgan fingerprint density at radius 2 is 1.48 bits per heavy atom. The molecule has 0 aliphatic carbocycles. The number of carbonyl (C=O) groups is 2. The highest BCUT2D eigenvalue weighted by Gasteiger charge is 2.14. The molecule has 21 heavy (non-hydrogen) atoms. The van der Waals surface area contributed by atoms with E-state index in [9.17, 15) is 14.7 Å². The molecular weight excluding hydrogens is 268 g/mol. The minimum absolute atomic E-state index is 0.0616. The molecule has 0 aromatic heterocycles. The second-order valence-corrected chi connectivity index (χ2v) is 5.77. The van der Waals surface area contributed by atoms with Gasteiger partial charge in [0.2, 0.25) is 0 Å². The van der Waals surface area contributed by atoms with E-state index in [1.807, 2.05) is 0 Å². The van der Waals surface area contributed by atoms with E-state index in [2.05, 4.69) is 11.7 Å². The maximum absolute atomic E-state index is 11.4. The second kappa shape index (κ2) is 14.1. The molecule has 0 aromatic rings. The van der Waals surface area contributed by atoms with Gasteiger partial charge < -0.3 is 9.84 Å². The van der Waals surface area contributed by atoms with Crippen molar-refractivity contribution in [2.45, 2.75) is 90.1 Å². The maximum atomic E-state index is 11.4. The number of hydrogen-bond donors (Lipinski definition) is 1. The molecule has 0 heterocycles. The first-order chi connectivity index (χ1) is 10.1. The van der Waals surface area contributed by atoms with E-state index in [1.54, 1.807) is 0 Å². The smallest absolute Gasteiger partial charge is 0.313 e. The normalized spacial score (nSPS) is 12.1. The lowest BCUT2D eigenvalue weighted by Crippen LogP contribution is -2.16. The van der Waals surface area contributed by atoms with Crippen LogP contribution in [0.25, 0.3) is 0 Å². The van der Waals surface area contributed by atoms with Gasteiger partial charge in [-0.3, -0.25) is 9.59 Å². The molecule has 0 radical (unpaired) electrons. The largest absolute Gasteiger partial charge is 0.469 e. The van der Waals surface area contributed by atoms with E-state index in [1.165, 1.54) is 52.1 Å². The van der Waals surface area contributed by atoms with Crippen LogP contribution in [0, 0.1) is 0 Å². The average Bonchev–Trinajstić information content (AvgIpc) is 2.45. The number of unbranched alkanes of at least 4 members (excludes halogenated alkanes) is 8. The van der Waals surface area contributed by atoms with Crippen molar-refractivity contribution in [1.82, 2.24) is 0 Å². The number of ether oxygens (including phenoxy) is 1. The lowest BCUT2D eigenvalue weighted by Gasteiger charge is -2.09. The number of methoxy groups -OCH3 is 1. The Labute approximate surface area is 129 Å². The monoisotopic (exact) mass is 300 g/mol. The summed E-state index contributed by atoms with van der Waals surface area (Å²) in [6.45, 7) is 2.22. The zero-order valence-electron chi connectivity index (χ0n) is 13.7. The van der Waals surface area contributed by atoms with Crippen LogP contribution >= 0.6 is 0 Å². The molecule has 1 atom stereocenters. The Balaban J connectivity index is 3.39. The van der Waals surface area contributed by atoms with Gasteiger partial charge in [0.1, 0.15) is 12.2 Å². The van der Waals surface area contributed by atoms with Crippen molar-refractivity contribution in [2.75, 3.05) is 7.11 Å². The molecule has 0 unspecified atom stereocenters.